The molecule has 27 heavy (non-hydrogen) atoms. The smallest absolute Gasteiger partial charge is 0.321 e. The Morgan fingerprint density at radius 2 is 2.07 bits per heavy atom. The third-order valence-electron chi connectivity index (χ3n) is 5.22. The number of aromatic nitrogens is 1. The van der Waals surface area contributed by atoms with Gasteiger partial charge in [-0.25, -0.2) is 14.4 Å². The lowest BCUT2D eigenvalue weighted by atomic mass is 9.83. The molecule has 0 radical (unpaired) electrons. The third-order valence-corrected chi connectivity index (χ3v) is 5.22. The van der Waals surface area contributed by atoms with Crippen molar-refractivity contribution in [1.82, 2.24) is 9.47 Å². The quantitative estimate of drug-likeness (QED) is 0.684. The van der Waals surface area contributed by atoms with Gasteiger partial charge in [0.25, 0.3) is 5.56 Å². The third kappa shape index (κ3) is 3.32. The van der Waals surface area contributed by atoms with Gasteiger partial charge in [-0.1, -0.05) is 6.07 Å². The fraction of sp³-hybridized carbons (Fsp3) is 0.333. The molecule has 2 bridgehead atoms. The summed E-state index contributed by atoms with van der Waals surface area (Å²) in [5.74, 6) is -0.583. The minimum atomic E-state index is -1.39. The van der Waals surface area contributed by atoms with Gasteiger partial charge < -0.3 is 20.0 Å². The van der Waals surface area contributed by atoms with Crippen molar-refractivity contribution in [2.75, 3.05) is 18.4 Å². The van der Waals surface area contributed by atoms with Crippen molar-refractivity contribution in [3.8, 4) is 0 Å². The van der Waals surface area contributed by atoms with E-state index in [1.54, 1.807) is 21.6 Å². The van der Waals surface area contributed by atoms with E-state index in [0.29, 0.717) is 19.6 Å². The first-order valence-electron chi connectivity index (χ1n) is 8.71. The Morgan fingerprint density at radius 3 is 2.85 bits per heavy atom. The molecule has 2 aliphatic rings. The number of piperidine rings is 1. The summed E-state index contributed by atoms with van der Waals surface area (Å²) in [6, 6.07) is 8.30. The Bertz CT molecular complexity index is 945. The van der Waals surface area contributed by atoms with Crippen LogP contribution in [0.3, 0.4) is 0 Å². The molecule has 3 unspecified atom stereocenters. The van der Waals surface area contributed by atoms with E-state index in [1.807, 2.05) is 6.07 Å². The lowest BCUT2D eigenvalue weighted by Gasteiger charge is -2.42. The summed E-state index contributed by atoms with van der Waals surface area (Å²) < 4.78 is 15.3. The lowest BCUT2D eigenvalue weighted by molar-refractivity contribution is -0.992. The Kier molecular flexibility index (Phi) is 4.42. The number of urea groups is 1. The molecule has 1 aromatic carbocycles. The number of hydrogen-bond acceptors (Lipinski definition) is 4. The highest BCUT2D eigenvalue weighted by atomic mass is 19.1. The van der Waals surface area contributed by atoms with E-state index in [-0.39, 0.29) is 29.1 Å². The van der Waals surface area contributed by atoms with Crippen molar-refractivity contribution in [1.29, 1.82) is 0 Å². The Labute approximate surface area is 154 Å². The minimum Gasteiger partial charge on any atom is -0.595 e. The number of pyridine rings is 1. The van der Waals surface area contributed by atoms with Gasteiger partial charge in [0.05, 0.1) is 0 Å². The predicted molar refractivity (Wildman–Crippen MR) is 94.3 cm³/mol. The highest BCUT2D eigenvalue weighted by Crippen LogP contribution is 2.35. The van der Waals surface area contributed by atoms with Crippen LogP contribution >= 0.6 is 0 Å². The molecule has 4 rings (SSSR count). The monoisotopic (exact) mass is 374 g/mol. The van der Waals surface area contributed by atoms with Gasteiger partial charge in [0.1, 0.15) is 0 Å². The van der Waals surface area contributed by atoms with E-state index < -0.39 is 16.7 Å². The molecule has 0 spiro atoms. The van der Waals surface area contributed by atoms with Crippen LogP contribution in [0.1, 0.15) is 18.0 Å². The number of hydrogen-bond donors (Lipinski definition) is 3. The first-order chi connectivity index (χ1) is 12.9. The van der Waals surface area contributed by atoms with Gasteiger partial charge in [-0.2, -0.15) is 5.23 Å². The van der Waals surface area contributed by atoms with E-state index in [4.69, 9.17) is 5.21 Å². The molecule has 2 aromatic rings. The van der Waals surface area contributed by atoms with Crippen molar-refractivity contribution in [2.45, 2.75) is 18.9 Å². The summed E-state index contributed by atoms with van der Waals surface area (Å²) in [5.41, 5.74) is 0.654. The van der Waals surface area contributed by atoms with Gasteiger partial charge in [-0.05, 0) is 30.5 Å². The Morgan fingerprint density at radius 1 is 1.26 bits per heavy atom. The lowest BCUT2D eigenvalue weighted by Crippen LogP contribution is -2.99. The van der Waals surface area contributed by atoms with Crippen molar-refractivity contribution < 1.29 is 19.6 Å². The Balaban J connectivity index is 1.52. The van der Waals surface area contributed by atoms with Gasteiger partial charge >= 0.3 is 6.03 Å². The van der Waals surface area contributed by atoms with Gasteiger partial charge in [0.2, 0.25) is 5.69 Å². The number of nitrogens with zero attached hydrogens (tertiary/aromatic N) is 2. The van der Waals surface area contributed by atoms with Gasteiger partial charge in [0, 0.05) is 49.1 Å². The zero-order chi connectivity index (χ0) is 19.1. The summed E-state index contributed by atoms with van der Waals surface area (Å²) in [5, 5.41) is 21.3. The fourth-order valence-electron chi connectivity index (χ4n) is 4.03. The normalized spacial score (nSPS) is 22.1. The summed E-state index contributed by atoms with van der Waals surface area (Å²) in [4.78, 5) is 26.4. The van der Waals surface area contributed by atoms with Crippen molar-refractivity contribution >= 4 is 17.4 Å². The Hall–Kier alpha value is -2.75. The maximum Gasteiger partial charge on any atom is 0.321 e. The van der Waals surface area contributed by atoms with Gasteiger partial charge in [-0.3, -0.25) is 4.79 Å². The molecule has 142 valence electrons. The van der Waals surface area contributed by atoms with E-state index in [0.717, 1.165) is 24.2 Å². The van der Waals surface area contributed by atoms with Crippen LogP contribution in [0, 0.1) is 16.9 Å². The van der Waals surface area contributed by atoms with Crippen LogP contribution in [0.4, 0.5) is 20.6 Å². The van der Waals surface area contributed by atoms with Gasteiger partial charge in [0.15, 0.2) is 5.82 Å². The molecule has 9 heteroatoms. The van der Waals surface area contributed by atoms with Crippen LogP contribution < -0.4 is 16.1 Å². The SMILES string of the molecule is O=C(Nc1ccc(F)c([NH+]([O-])O)c1)N1CC2CC(C1)c1cccc(=O)n1C2. The first kappa shape index (κ1) is 17.7. The highest BCUT2D eigenvalue weighted by Gasteiger charge is 2.36. The minimum absolute atomic E-state index is 0.0207. The molecule has 0 saturated carbocycles. The molecule has 3 N–H and O–H groups in total. The molecule has 0 aliphatic carbocycles. The second kappa shape index (κ2) is 6.76. The second-order valence-electron chi connectivity index (χ2n) is 7.03. The number of carbonyl (C=O) groups excluding carboxylic acids is 1. The largest absolute Gasteiger partial charge is 0.595 e. The molecule has 3 heterocycles. The average molecular weight is 374 g/mol. The first-order valence-corrected chi connectivity index (χ1v) is 8.71. The number of halogens is 1. The zero-order valence-corrected chi connectivity index (χ0v) is 14.4. The number of anilines is 1. The molecule has 8 nitrogen and oxygen atoms in total. The summed E-state index contributed by atoms with van der Waals surface area (Å²) in [7, 11) is 0. The van der Waals surface area contributed by atoms with Crippen LogP contribution in [0.25, 0.3) is 0 Å². The number of carbonyl (C=O) groups is 1. The topological polar surface area (TPSA) is 102 Å². The van der Waals surface area contributed by atoms with E-state index in [2.05, 4.69) is 5.32 Å². The molecule has 3 atom stereocenters. The number of likely N-dealkylation sites (tertiary alicyclic amines) is 1. The fourth-order valence-corrected chi connectivity index (χ4v) is 4.03. The maximum absolute atomic E-state index is 13.5. The number of benzene rings is 1. The number of quaternary nitrogens is 1. The molecule has 2 amide bonds. The maximum atomic E-state index is 13.5. The summed E-state index contributed by atoms with van der Waals surface area (Å²) >= 11 is 0. The van der Waals surface area contributed by atoms with Crippen LogP contribution in [0.5, 0.6) is 0 Å². The number of rotatable bonds is 2. The zero-order valence-electron chi connectivity index (χ0n) is 14.4. The molecule has 1 saturated heterocycles. The summed E-state index contributed by atoms with van der Waals surface area (Å²) in [6.07, 6.45) is 0.924. The molecular weight excluding hydrogens is 355 g/mol. The van der Waals surface area contributed by atoms with E-state index in [9.17, 15) is 19.2 Å². The summed E-state index contributed by atoms with van der Waals surface area (Å²) in [6.45, 7) is 1.56. The molecule has 2 aliphatic heterocycles. The van der Waals surface area contributed by atoms with Crippen LogP contribution in [0.15, 0.2) is 41.2 Å². The van der Waals surface area contributed by atoms with Crippen LogP contribution in [0.2, 0.25) is 0 Å². The van der Waals surface area contributed by atoms with Crippen molar-refractivity contribution in [3.05, 3.63) is 63.5 Å². The number of fused-ring (bicyclic) bond motifs is 4. The molecule has 1 fully saturated rings. The van der Waals surface area contributed by atoms with Crippen LogP contribution in [-0.2, 0) is 6.54 Å². The molecule has 1 aromatic heterocycles. The van der Waals surface area contributed by atoms with E-state index in [1.165, 1.54) is 6.07 Å². The number of nitrogens with one attached hydrogen (secondary N) is 2. The van der Waals surface area contributed by atoms with Crippen molar-refractivity contribution in [2.24, 2.45) is 5.92 Å². The van der Waals surface area contributed by atoms with Crippen molar-refractivity contribution in [3.63, 3.8) is 0 Å². The predicted octanol–water partition coefficient (Wildman–Crippen LogP) is 1.04. The molecular formula is C18H19FN4O4. The van der Waals surface area contributed by atoms with E-state index >= 15 is 0 Å². The highest BCUT2D eigenvalue weighted by molar-refractivity contribution is 5.89. The standard InChI is InChI=1S/C18H19FN4O4/c19-14-5-4-13(7-16(14)23(26)27)20-18(25)21-8-11-6-12(10-21)15-2-1-3-17(24)22(15)9-11/h1-5,7,11-12,23,26H,6,8-10H2,(H,20,25). The van der Waals surface area contributed by atoms with Gasteiger partial charge in [-0.15, -0.1) is 0 Å². The number of amides is 2. The van der Waals surface area contributed by atoms with Crippen LogP contribution in [-0.4, -0.2) is 33.8 Å². The average Bonchev–Trinajstić information content (AvgIpc) is 2.64. The second-order valence-corrected chi connectivity index (χ2v) is 7.03.